The van der Waals surface area contributed by atoms with Gasteiger partial charge in [0.05, 0.1) is 0 Å². The highest BCUT2D eigenvalue weighted by Gasteiger charge is 2.20. The number of rotatable bonds is 6. The fourth-order valence-corrected chi connectivity index (χ4v) is 3.43. The van der Waals surface area contributed by atoms with Crippen LogP contribution in [0, 0.1) is 18.8 Å². The summed E-state index contributed by atoms with van der Waals surface area (Å²) in [5, 5.41) is 5.86. The smallest absolute Gasteiger partial charge is 0.315 e. The Labute approximate surface area is 140 Å². The number of amides is 2. The average molecular weight is 317 g/mol. The minimum absolute atomic E-state index is 0.0778. The molecule has 1 fully saturated rings. The molecular weight excluding hydrogens is 286 g/mol. The number of hydrogen-bond donors (Lipinski definition) is 2. The summed E-state index contributed by atoms with van der Waals surface area (Å²) in [7, 11) is 0. The Morgan fingerprint density at radius 2 is 1.78 bits per heavy atom. The Morgan fingerprint density at radius 3 is 2.43 bits per heavy atom. The number of hydrogen-bond acceptors (Lipinski definition) is 2. The molecule has 1 saturated heterocycles. The van der Waals surface area contributed by atoms with Gasteiger partial charge in [0.25, 0.3) is 0 Å². The van der Waals surface area contributed by atoms with Crippen LogP contribution in [0.3, 0.4) is 0 Å². The minimum atomic E-state index is -0.0778. The second kappa shape index (κ2) is 8.92. The second-order valence-electron chi connectivity index (χ2n) is 7.15. The van der Waals surface area contributed by atoms with E-state index in [0.717, 1.165) is 36.9 Å². The van der Waals surface area contributed by atoms with Gasteiger partial charge in [-0.3, -0.25) is 0 Å². The van der Waals surface area contributed by atoms with Gasteiger partial charge in [0.1, 0.15) is 0 Å². The van der Waals surface area contributed by atoms with E-state index in [1.807, 2.05) is 12.1 Å². The molecule has 128 valence electrons. The Morgan fingerprint density at radius 1 is 1.13 bits per heavy atom. The van der Waals surface area contributed by atoms with E-state index >= 15 is 0 Å². The zero-order chi connectivity index (χ0) is 16.7. The molecule has 2 atom stereocenters. The first kappa shape index (κ1) is 17.8. The van der Waals surface area contributed by atoms with Crippen molar-refractivity contribution in [2.24, 2.45) is 11.8 Å². The van der Waals surface area contributed by atoms with Gasteiger partial charge in [-0.25, -0.2) is 4.79 Å². The Kier molecular flexibility index (Phi) is 6.90. The Balaban J connectivity index is 1.57. The van der Waals surface area contributed by atoms with Gasteiger partial charge in [-0.1, -0.05) is 43.7 Å². The van der Waals surface area contributed by atoms with Crippen LogP contribution in [0.2, 0.25) is 0 Å². The molecule has 4 nitrogen and oxygen atoms in total. The van der Waals surface area contributed by atoms with E-state index in [1.165, 1.54) is 25.1 Å². The van der Waals surface area contributed by atoms with Crippen LogP contribution in [0.1, 0.15) is 37.8 Å². The van der Waals surface area contributed by atoms with Crippen molar-refractivity contribution in [3.8, 4) is 0 Å². The van der Waals surface area contributed by atoms with Crippen molar-refractivity contribution in [1.29, 1.82) is 0 Å². The third-order valence-electron chi connectivity index (χ3n) is 4.45. The van der Waals surface area contributed by atoms with Crippen molar-refractivity contribution in [2.75, 3.05) is 26.2 Å². The Hall–Kier alpha value is -1.55. The van der Waals surface area contributed by atoms with Gasteiger partial charge in [-0.15, -0.1) is 0 Å². The molecule has 0 unspecified atom stereocenters. The molecule has 4 heteroatoms. The fourth-order valence-electron chi connectivity index (χ4n) is 3.43. The molecule has 0 aliphatic carbocycles. The first-order valence-electron chi connectivity index (χ1n) is 8.82. The van der Waals surface area contributed by atoms with Gasteiger partial charge in [0, 0.05) is 26.2 Å². The van der Waals surface area contributed by atoms with Gasteiger partial charge >= 0.3 is 6.03 Å². The van der Waals surface area contributed by atoms with Crippen LogP contribution in [0.15, 0.2) is 24.3 Å². The van der Waals surface area contributed by atoms with Gasteiger partial charge in [-0.2, -0.15) is 0 Å². The molecular formula is C19H31N3O. The van der Waals surface area contributed by atoms with Crippen LogP contribution in [0.4, 0.5) is 4.79 Å². The van der Waals surface area contributed by atoms with Crippen LogP contribution < -0.4 is 10.6 Å². The number of nitrogens with one attached hydrogen (secondary N) is 2. The van der Waals surface area contributed by atoms with Crippen LogP contribution >= 0.6 is 0 Å². The number of urea groups is 1. The van der Waals surface area contributed by atoms with Gasteiger partial charge in [-0.05, 0) is 43.7 Å². The van der Waals surface area contributed by atoms with E-state index in [1.54, 1.807) is 0 Å². The molecule has 23 heavy (non-hydrogen) atoms. The third kappa shape index (κ3) is 6.61. The zero-order valence-corrected chi connectivity index (χ0v) is 14.8. The zero-order valence-electron chi connectivity index (χ0n) is 14.8. The van der Waals surface area contributed by atoms with Gasteiger partial charge in [0.2, 0.25) is 0 Å². The lowest BCUT2D eigenvalue weighted by Gasteiger charge is -2.34. The number of carbonyl (C=O) groups is 1. The van der Waals surface area contributed by atoms with E-state index < -0.39 is 0 Å². The average Bonchev–Trinajstić information content (AvgIpc) is 2.50. The fraction of sp³-hybridized carbons (Fsp3) is 0.632. The highest BCUT2D eigenvalue weighted by Crippen LogP contribution is 2.20. The van der Waals surface area contributed by atoms with E-state index in [4.69, 9.17) is 0 Å². The quantitative estimate of drug-likeness (QED) is 0.792. The van der Waals surface area contributed by atoms with Gasteiger partial charge in [0.15, 0.2) is 0 Å². The largest absolute Gasteiger partial charge is 0.338 e. The van der Waals surface area contributed by atoms with Crippen molar-refractivity contribution in [3.63, 3.8) is 0 Å². The lowest BCUT2D eigenvalue weighted by atomic mass is 9.92. The molecule has 1 aliphatic heterocycles. The van der Waals surface area contributed by atoms with E-state index in [9.17, 15) is 4.79 Å². The Bertz CT molecular complexity index is 476. The molecule has 1 aliphatic rings. The molecule has 0 spiro atoms. The van der Waals surface area contributed by atoms with Crippen molar-refractivity contribution in [2.45, 2.75) is 40.2 Å². The second-order valence-corrected chi connectivity index (χ2v) is 7.15. The van der Waals surface area contributed by atoms with Crippen LogP contribution in [-0.4, -0.2) is 37.1 Å². The molecule has 1 heterocycles. The topological polar surface area (TPSA) is 44.4 Å². The summed E-state index contributed by atoms with van der Waals surface area (Å²) in [5.74, 6) is 1.59. The van der Waals surface area contributed by atoms with Crippen molar-refractivity contribution in [1.82, 2.24) is 15.5 Å². The SMILES string of the molecule is Cc1ccc(CNC(=O)NCCCN2C[C@H](C)C[C@@H](C)C2)cc1. The number of carbonyl (C=O) groups excluding carboxylic acids is 1. The summed E-state index contributed by atoms with van der Waals surface area (Å²) in [5.41, 5.74) is 2.36. The number of aryl methyl sites for hydroxylation is 1. The molecule has 0 bridgehead atoms. The molecule has 0 aromatic heterocycles. The minimum Gasteiger partial charge on any atom is -0.338 e. The lowest BCUT2D eigenvalue weighted by Crippen LogP contribution is -2.41. The first-order valence-corrected chi connectivity index (χ1v) is 8.82. The number of piperidine rings is 1. The lowest BCUT2D eigenvalue weighted by molar-refractivity contribution is 0.139. The van der Waals surface area contributed by atoms with Crippen LogP contribution in [-0.2, 0) is 6.54 Å². The van der Waals surface area contributed by atoms with Crippen LogP contribution in [0.25, 0.3) is 0 Å². The first-order chi connectivity index (χ1) is 11.0. The molecule has 2 amide bonds. The summed E-state index contributed by atoms with van der Waals surface area (Å²) < 4.78 is 0. The van der Waals surface area contributed by atoms with Gasteiger partial charge < -0.3 is 15.5 Å². The summed E-state index contributed by atoms with van der Waals surface area (Å²) in [4.78, 5) is 14.3. The maximum Gasteiger partial charge on any atom is 0.315 e. The molecule has 1 aromatic rings. The highest BCUT2D eigenvalue weighted by molar-refractivity contribution is 5.73. The number of likely N-dealkylation sites (tertiary alicyclic amines) is 1. The van der Waals surface area contributed by atoms with E-state index in [-0.39, 0.29) is 6.03 Å². The van der Waals surface area contributed by atoms with Crippen LogP contribution in [0.5, 0.6) is 0 Å². The predicted octanol–water partition coefficient (Wildman–Crippen LogP) is 3.16. The monoisotopic (exact) mass is 317 g/mol. The maximum absolute atomic E-state index is 11.8. The summed E-state index contributed by atoms with van der Waals surface area (Å²) in [6, 6.07) is 8.15. The molecule has 2 rings (SSSR count). The summed E-state index contributed by atoms with van der Waals surface area (Å²) in [6.07, 6.45) is 2.35. The maximum atomic E-state index is 11.8. The number of nitrogens with zero attached hydrogens (tertiary/aromatic N) is 1. The molecule has 0 radical (unpaired) electrons. The predicted molar refractivity (Wildman–Crippen MR) is 95.4 cm³/mol. The highest BCUT2D eigenvalue weighted by atomic mass is 16.2. The van der Waals surface area contributed by atoms with E-state index in [2.05, 4.69) is 48.4 Å². The molecule has 1 aromatic carbocycles. The third-order valence-corrected chi connectivity index (χ3v) is 4.45. The van der Waals surface area contributed by atoms with Crippen molar-refractivity contribution >= 4 is 6.03 Å². The molecule has 0 saturated carbocycles. The summed E-state index contributed by atoms with van der Waals surface area (Å²) >= 11 is 0. The van der Waals surface area contributed by atoms with Crippen molar-refractivity contribution < 1.29 is 4.79 Å². The molecule has 2 N–H and O–H groups in total. The summed E-state index contributed by atoms with van der Waals surface area (Å²) in [6.45, 7) is 11.5. The normalized spacial score (nSPS) is 21.9. The van der Waals surface area contributed by atoms with E-state index in [0.29, 0.717) is 6.54 Å². The van der Waals surface area contributed by atoms with Crippen molar-refractivity contribution in [3.05, 3.63) is 35.4 Å². The standard InChI is InChI=1S/C19H31N3O/c1-15-5-7-18(8-6-15)12-21-19(23)20-9-4-10-22-13-16(2)11-17(3)14-22/h5-8,16-17H,4,9-14H2,1-3H3,(H2,20,21,23)/t16-,17-/m1/s1. The number of benzene rings is 1.